The quantitative estimate of drug-likeness (QED) is 0.768. The molecule has 2 aromatic rings. The molecule has 5 heteroatoms. The van der Waals surface area contributed by atoms with Crippen molar-refractivity contribution in [1.29, 1.82) is 0 Å². The molecule has 0 aromatic heterocycles. The zero-order valence-corrected chi connectivity index (χ0v) is 13.6. The van der Waals surface area contributed by atoms with Crippen LogP contribution in [0.5, 0.6) is 0 Å². The van der Waals surface area contributed by atoms with Gasteiger partial charge in [-0.15, -0.1) is 0 Å². The average Bonchev–Trinajstić information content (AvgIpc) is 2.66. The molecule has 126 valence electrons. The van der Waals surface area contributed by atoms with E-state index in [0.29, 0.717) is 26.3 Å². The SMILES string of the molecule is O=NC1[C@@H](NCc2ccccc2)COC[C@H]1NCc1ccccc1. The van der Waals surface area contributed by atoms with Crippen molar-refractivity contribution < 1.29 is 4.74 Å². The van der Waals surface area contributed by atoms with E-state index in [-0.39, 0.29) is 18.1 Å². The number of hydrogen-bond acceptors (Lipinski definition) is 5. The van der Waals surface area contributed by atoms with Gasteiger partial charge in [-0.05, 0) is 11.1 Å². The lowest BCUT2D eigenvalue weighted by Crippen LogP contribution is -2.57. The van der Waals surface area contributed by atoms with Crippen molar-refractivity contribution in [2.75, 3.05) is 13.2 Å². The molecule has 0 radical (unpaired) electrons. The van der Waals surface area contributed by atoms with Gasteiger partial charge in [0.1, 0.15) is 6.04 Å². The highest BCUT2D eigenvalue weighted by molar-refractivity contribution is 5.16. The summed E-state index contributed by atoms with van der Waals surface area (Å²) in [6, 6.07) is 19.8. The van der Waals surface area contributed by atoms with Gasteiger partial charge in [-0.1, -0.05) is 65.8 Å². The van der Waals surface area contributed by atoms with Gasteiger partial charge in [-0.2, -0.15) is 4.91 Å². The lowest BCUT2D eigenvalue weighted by Gasteiger charge is -2.35. The second-order valence-corrected chi connectivity index (χ2v) is 6.08. The first-order valence-corrected chi connectivity index (χ1v) is 8.31. The van der Waals surface area contributed by atoms with Crippen LogP contribution in [0.4, 0.5) is 0 Å². The zero-order valence-electron chi connectivity index (χ0n) is 13.6. The number of hydrogen-bond donors (Lipinski definition) is 2. The number of nitrogens with one attached hydrogen (secondary N) is 2. The van der Waals surface area contributed by atoms with Crippen LogP contribution in [-0.2, 0) is 17.8 Å². The smallest absolute Gasteiger partial charge is 0.127 e. The van der Waals surface area contributed by atoms with E-state index < -0.39 is 0 Å². The molecule has 0 bridgehead atoms. The predicted molar refractivity (Wildman–Crippen MR) is 94.5 cm³/mol. The van der Waals surface area contributed by atoms with Crippen LogP contribution in [0.15, 0.2) is 65.8 Å². The summed E-state index contributed by atoms with van der Waals surface area (Å²) in [5, 5.41) is 10.2. The van der Waals surface area contributed by atoms with Crippen molar-refractivity contribution in [1.82, 2.24) is 10.6 Å². The summed E-state index contributed by atoms with van der Waals surface area (Å²) in [6.45, 7) is 2.41. The van der Waals surface area contributed by atoms with Gasteiger partial charge in [0.2, 0.25) is 0 Å². The van der Waals surface area contributed by atoms with Crippen LogP contribution in [0.25, 0.3) is 0 Å². The summed E-state index contributed by atoms with van der Waals surface area (Å²) in [6.07, 6.45) is 0. The molecule has 24 heavy (non-hydrogen) atoms. The number of ether oxygens (including phenoxy) is 1. The first kappa shape index (κ1) is 16.8. The zero-order chi connectivity index (χ0) is 16.6. The Bertz CT molecular complexity index is 570. The second kappa shape index (κ2) is 8.68. The molecular formula is C19H23N3O2. The van der Waals surface area contributed by atoms with Gasteiger partial charge >= 0.3 is 0 Å². The van der Waals surface area contributed by atoms with Gasteiger partial charge in [0.05, 0.1) is 25.3 Å². The number of rotatable bonds is 7. The monoisotopic (exact) mass is 325 g/mol. The van der Waals surface area contributed by atoms with Crippen molar-refractivity contribution in [3.05, 3.63) is 76.7 Å². The molecule has 2 aromatic carbocycles. The van der Waals surface area contributed by atoms with Gasteiger partial charge in [0.15, 0.2) is 0 Å². The van der Waals surface area contributed by atoms with Crippen LogP contribution in [0.1, 0.15) is 11.1 Å². The van der Waals surface area contributed by atoms with Gasteiger partial charge in [-0.25, -0.2) is 0 Å². The minimum atomic E-state index is -0.342. The Morgan fingerprint density at radius 1 is 0.833 bits per heavy atom. The molecule has 1 aliphatic rings. The highest BCUT2D eigenvalue weighted by atomic mass is 16.5. The second-order valence-electron chi connectivity index (χ2n) is 6.08. The highest BCUT2D eigenvalue weighted by Gasteiger charge is 2.34. The standard InChI is InChI=1S/C19H23N3O2/c23-22-19-17(20-11-15-7-3-1-4-8-15)13-24-14-18(19)21-12-16-9-5-2-6-10-16/h1-10,17-21H,11-14H2/t17-,18+,19?. The molecule has 0 spiro atoms. The number of nitrogens with zero attached hydrogens (tertiary/aromatic N) is 1. The average molecular weight is 325 g/mol. The summed E-state index contributed by atoms with van der Waals surface area (Å²) in [4.78, 5) is 11.4. The number of benzene rings is 2. The largest absolute Gasteiger partial charge is 0.378 e. The Balaban J connectivity index is 1.56. The van der Waals surface area contributed by atoms with Crippen molar-refractivity contribution >= 4 is 0 Å². The molecule has 3 rings (SSSR count). The lowest BCUT2D eigenvalue weighted by atomic mass is 9.98. The number of nitroso groups, excluding NO2 is 1. The third-order valence-corrected chi connectivity index (χ3v) is 4.36. The van der Waals surface area contributed by atoms with Crippen LogP contribution >= 0.6 is 0 Å². The van der Waals surface area contributed by atoms with Crippen LogP contribution in [-0.4, -0.2) is 31.3 Å². The van der Waals surface area contributed by atoms with Crippen molar-refractivity contribution in [2.24, 2.45) is 5.18 Å². The molecule has 1 unspecified atom stereocenters. The minimum Gasteiger partial charge on any atom is -0.378 e. The first-order valence-electron chi connectivity index (χ1n) is 8.31. The van der Waals surface area contributed by atoms with Crippen LogP contribution in [0, 0.1) is 4.91 Å². The third-order valence-electron chi connectivity index (χ3n) is 4.36. The summed E-state index contributed by atoms with van der Waals surface area (Å²) in [5.74, 6) is 0. The Hall–Kier alpha value is -2.08. The van der Waals surface area contributed by atoms with E-state index >= 15 is 0 Å². The fourth-order valence-electron chi connectivity index (χ4n) is 3.00. The van der Waals surface area contributed by atoms with E-state index in [4.69, 9.17) is 4.74 Å². The van der Waals surface area contributed by atoms with E-state index in [2.05, 4.69) is 40.1 Å². The summed E-state index contributed by atoms with van der Waals surface area (Å²) in [5.41, 5.74) is 2.36. The van der Waals surface area contributed by atoms with E-state index in [1.54, 1.807) is 0 Å². The maximum atomic E-state index is 11.4. The minimum absolute atomic E-state index is 0.0790. The van der Waals surface area contributed by atoms with Gasteiger partial charge < -0.3 is 15.4 Å². The molecule has 1 fully saturated rings. The van der Waals surface area contributed by atoms with Crippen molar-refractivity contribution in [2.45, 2.75) is 31.2 Å². The van der Waals surface area contributed by atoms with Crippen molar-refractivity contribution in [3.8, 4) is 0 Å². The molecule has 1 saturated heterocycles. The van der Waals surface area contributed by atoms with Gasteiger partial charge in [-0.3, -0.25) is 0 Å². The van der Waals surface area contributed by atoms with E-state index in [9.17, 15) is 4.91 Å². The molecule has 3 atom stereocenters. The van der Waals surface area contributed by atoms with Gasteiger partial charge in [0, 0.05) is 13.1 Å². The molecular weight excluding hydrogens is 302 g/mol. The molecule has 0 aliphatic carbocycles. The summed E-state index contributed by atoms with van der Waals surface area (Å²) >= 11 is 0. The fourth-order valence-corrected chi connectivity index (χ4v) is 3.00. The molecule has 5 nitrogen and oxygen atoms in total. The topological polar surface area (TPSA) is 62.7 Å². The molecule has 1 aliphatic heterocycles. The maximum Gasteiger partial charge on any atom is 0.127 e. The van der Waals surface area contributed by atoms with Crippen molar-refractivity contribution in [3.63, 3.8) is 0 Å². The van der Waals surface area contributed by atoms with Crippen LogP contribution < -0.4 is 10.6 Å². The molecule has 1 heterocycles. The Kier molecular flexibility index (Phi) is 6.07. The molecule has 0 amide bonds. The Morgan fingerprint density at radius 3 is 1.71 bits per heavy atom. The lowest BCUT2D eigenvalue weighted by molar-refractivity contribution is 0.0323. The van der Waals surface area contributed by atoms with E-state index in [1.807, 2.05) is 36.4 Å². The molecule has 0 saturated carbocycles. The van der Waals surface area contributed by atoms with Gasteiger partial charge in [0.25, 0.3) is 0 Å². The summed E-state index contributed by atoms with van der Waals surface area (Å²) in [7, 11) is 0. The molecule has 2 N–H and O–H groups in total. The maximum absolute atomic E-state index is 11.4. The predicted octanol–water partition coefficient (Wildman–Crippen LogP) is 2.47. The first-order chi connectivity index (χ1) is 11.9. The van der Waals surface area contributed by atoms with E-state index in [0.717, 1.165) is 0 Å². The van der Waals surface area contributed by atoms with Crippen LogP contribution in [0.3, 0.4) is 0 Å². The normalized spacial score (nSPS) is 23.8. The highest BCUT2D eigenvalue weighted by Crippen LogP contribution is 2.14. The third kappa shape index (κ3) is 4.47. The van der Waals surface area contributed by atoms with Crippen LogP contribution in [0.2, 0.25) is 0 Å². The fraction of sp³-hybridized carbons (Fsp3) is 0.368. The van der Waals surface area contributed by atoms with E-state index in [1.165, 1.54) is 11.1 Å². The Morgan fingerprint density at radius 2 is 1.29 bits per heavy atom. The Labute approximate surface area is 142 Å². The summed E-state index contributed by atoms with van der Waals surface area (Å²) < 4.78 is 5.68.